The molecule has 1 N–H and O–H groups in total. The zero-order chi connectivity index (χ0) is 13.1. The van der Waals surface area contributed by atoms with Gasteiger partial charge in [0, 0.05) is 5.57 Å². The van der Waals surface area contributed by atoms with Gasteiger partial charge in [-0.1, -0.05) is 26.5 Å². The third-order valence-corrected chi connectivity index (χ3v) is 1.51. The summed E-state index contributed by atoms with van der Waals surface area (Å²) in [5.41, 5.74) is 0.176. The summed E-state index contributed by atoms with van der Waals surface area (Å²) < 4.78 is 4.73. The van der Waals surface area contributed by atoms with Crippen molar-refractivity contribution in [3.8, 4) is 0 Å². The largest absolute Gasteiger partial charge is 0.478 e. The topological polar surface area (TPSA) is 63.6 Å². The van der Waals surface area contributed by atoms with Crippen molar-refractivity contribution in [2.75, 3.05) is 6.61 Å². The van der Waals surface area contributed by atoms with Crippen LogP contribution in [0.15, 0.2) is 23.6 Å². The fourth-order valence-electron chi connectivity index (χ4n) is 0.393. The molecule has 0 unspecified atom stereocenters. The van der Waals surface area contributed by atoms with Gasteiger partial charge in [-0.05, 0) is 13.3 Å². The highest BCUT2D eigenvalue weighted by Crippen LogP contribution is 1.99. The van der Waals surface area contributed by atoms with Crippen LogP contribution in [0.4, 0.5) is 0 Å². The number of carbonyl (C=O) groups excluding carboxylic acids is 1. The van der Waals surface area contributed by atoms with E-state index in [-0.39, 0.29) is 10.5 Å². The molecule has 0 amide bonds. The molecule has 0 fully saturated rings. The second-order valence-corrected chi connectivity index (χ2v) is 3.56. The Morgan fingerprint density at radius 1 is 1.38 bits per heavy atom. The molecular weight excluding hydrogens is 228 g/mol. The summed E-state index contributed by atoms with van der Waals surface area (Å²) in [7, 11) is 0. The number of aliphatic carboxylic acids is 1. The molecule has 0 aromatic heterocycles. The second-order valence-electron chi connectivity index (χ2n) is 3.02. The molecule has 0 aromatic rings. The van der Waals surface area contributed by atoms with Crippen LogP contribution in [-0.4, -0.2) is 23.7 Å². The van der Waals surface area contributed by atoms with Crippen LogP contribution < -0.4 is 0 Å². The summed E-state index contributed by atoms with van der Waals surface area (Å²) in [5, 5.41) is 7.89. The van der Waals surface area contributed by atoms with Gasteiger partial charge in [0.15, 0.2) is 0 Å². The van der Waals surface area contributed by atoms with Crippen molar-refractivity contribution in [2.24, 2.45) is 0 Å². The lowest BCUT2D eigenvalue weighted by Crippen LogP contribution is -2.04. The lowest BCUT2D eigenvalue weighted by molar-refractivity contribution is -0.138. The Morgan fingerprint density at radius 3 is 2.06 bits per heavy atom. The van der Waals surface area contributed by atoms with E-state index < -0.39 is 11.9 Å². The van der Waals surface area contributed by atoms with Crippen LogP contribution >= 0.6 is 12.6 Å². The van der Waals surface area contributed by atoms with Crippen LogP contribution in [0.2, 0.25) is 0 Å². The van der Waals surface area contributed by atoms with E-state index in [0.29, 0.717) is 6.61 Å². The van der Waals surface area contributed by atoms with Crippen molar-refractivity contribution < 1.29 is 19.4 Å². The Morgan fingerprint density at radius 2 is 1.81 bits per heavy atom. The maximum Gasteiger partial charge on any atom is 0.343 e. The first-order chi connectivity index (χ1) is 7.32. The van der Waals surface area contributed by atoms with Crippen LogP contribution in [-0.2, 0) is 14.3 Å². The normalized spacial score (nSPS) is 8.44. The average molecular weight is 246 g/mol. The SMILES string of the molecule is C=C(C)C(=O)O.C=C(S)C(=O)OCCCC. The van der Waals surface area contributed by atoms with Gasteiger partial charge in [0.05, 0.1) is 11.5 Å². The summed E-state index contributed by atoms with van der Waals surface area (Å²) in [5.74, 6) is -1.35. The Hall–Kier alpha value is -1.23. The zero-order valence-corrected chi connectivity index (χ0v) is 10.5. The zero-order valence-electron chi connectivity index (χ0n) is 9.65. The number of esters is 1. The number of rotatable bonds is 5. The van der Waals surface area contributed by atoms with Crippen molar-refractivity contribution >= 4 is 24.6 Å². The fourth-order valence-corrected chi connectivity index (χ4v) is 0.457. The monoisotopic (exact) mass is 246 g/mol. The Kier molecular flexibility index (Phi) is 11.0. The number of carboxylic acid groups (broad SMARTS) is 1. The smallest absolute Gasteiger partial charge is 0.343 e. The van der Waals surface area contributed by atoms with Gasteiger partial charge in [-0.25, -0.2) is 9.59 Å². The van der Waals surface area contributed by atoms with Gasteiger partial charge in [0.1, 0.15) is 0 Å². The number of thiol groups is 1. The number of carbonyl (C=O) groups is 2. The third kappa shape index (κ3) is 12.8. The van der Waals surface area contributed by atoms with Gasteiger partial charge in [-0.3, -0.25) is 0 Å². The lowest BCUT2D eigenvalue weighted by Gasteiger charge is -2.00. The molecule has 0 rings (SSSR count). The van der Waals surface area contributed by atoms with E-state index in [1.54, 1.807) is 0 Å². The molecule has 0 spiro atoms. The predicted octanol–water partition coefficient (Wildman–Crippen LogP) is 2.42. The molecule has 0 aliphatic carbocycles. The fraction of sp³-hybridized carbons (Fsp3) is 0.455. The Bertz CT molecular complexity index is 259. The minimum absolute atomic E-state index is 0.163. The lowest BCUT2D eigenvalue weighted by atomic mass is 10.4. The molecule has 16 heavy (non-hydrogen) atoms. The molecule has 0 saturated heterocycles. The summed E-state index contributed by atoms with van der Waals surface area (Å²) >= 11 is 3.73. The molecule has 0 bridgehead atoms. The molecular formula is C11H18O4S. The second kappa shape index (κ2) is 10.3. The van der Waals surface area contributed by atoms with E-state index in [2.05, 4.69) is 25.8 Å². The number of ether oxygens (including phenoxy) is 1. The van der Waals surface area contributed by atoms with E-state index in [1.165, 1.54) is 6.92 Å². The number of hydrogen-bond acceptors (Lipinski definition) is 4. The molecule has 0 saturated carbocycles. The van der Waals surface area contributed by atoms with Crippen LogP contribution in [0.25, 0.3) is 0 Å². The van der Waals surface area contributed by atoms with Gasteiger partial charge in [-0.2, -0.15) is 0 Å². The van der Waals surface area contributed by atoms with Crippen molar-refractivity contribution in [2.45, 2.75) is 26.7 Å². The van der Waals surface area contributed by atoms with Gasteiger partial charge in [0.2, 0.25) is 0 Å². The molecule has 0 aliphatic rings. The standard InChI is InChI=1S/C7H12O2S.C4H6O2/c1-3-4-5-9-7(8)6(2)10;1-3(2)4(5)6/h10H,2-5H2,1H3;1H2,2H3,(H,5,6). The summed E-state index contributed by atoms with van der Waals surface area (Å²) in [4.78, 5) is 20.4. The van der Waals surface area contributed by atoms with E-state index >= 15 is 0 Å². The van der Waals surface area contributed by atoms with E-state index in [4.69, 9.17) is 9.84 Å². The number of hydrogen-bond donors (Lipinski definition) is 2. The highest BCUT2D eigenvalue weighted by Gasteiger charge is 2.01. The van der Waals surface area contributed by atoms with Crippen molar-refractivity contribution in [3.05, 3.63) is 23.6 Å². The molecule has 0 aromatic carbocycles. The summed E-state index contributed by atoms with van der Waals surface area (Å²) in [6.45, 7) is 10.4. The minimum atomic E-state index is -0.935. The van der Waals surface area contributed by atoms with Crippen molar-refractivity contribution in [3.63, 3.8) is 0 Å². The predicted molar refractivity (Wildman–Crippen MR) is 66.4 cm³/mol. The molecule has 4 nitrogen and oxygen atoms in total. The Balaban J connectivity index is 0. The van der Waals surface area contributed by atoms with Gasteiger partial charge in [-0.15, -0.1) is 12.6 Å². The first-order valence-corrected chi connectivity index (χ1v) is 5.21. The van der Waals surface area contributed by atoms with Gasteiger partial charge in [0.25, 0.3) is 0 Å². The molecule has 0 heterocycles. The van der Waals surface area contributed by atoms with Gasteiger partial charge >= 0.3 is 11.9 Å². The minimum Gasteiger partial charge on any atom is -0.478 e. The summed E-state index contributed by atoms with van der Waals surface area (Å²) in [6.07, 6.45) is 1.92. The quantitative estimate of drug-likeness (QED) is 0.338. The van der Waals surface area contributed by atoms with Crippen LogP contribution in [0.1, 0.15) is 26.7 Å². The molecule has 5 heteroatoms. The van der Waals surface area contributed by atoms with Crippen LogP contribution in [0.3, 0.4) is 0 Å². The first-order valence-electron chi connectivity index (χ1n) is 4.76. The maximum atomic E-state index is 10.6. The van der Waals surface area contributed by atoms with E-state index in [1.807, 2.05) is 6.92 Å². The van der Waals surface area contributed by atoms with Crippen molar-refractivity contribution in [1.82, 2.24) is 0 Å². The highest BCUT2D eigenvalue weighted by molar-refractivity contribution is 7.85. The maximum absolute atomic E-state index is 10.6. The van der Waals surface area contributed by atoms with E-state index in [0.717, 1.165) is 12.8 Å². The molecule has 0 radical (unpaired) electrons. The van der Waals surface area contributed by atoms with Crippen molar-refractivity contribution in [1.29, 1.82) is 0 Å². The average Bonchev–Trinajstić information content (AvgIpc) is 2.18. The van der Waals surface area contributed by atoms with Crippen LogP contribution in [0.5, 0.6) is 0 Å². The van der Waals surface area contributed by atoms with Gasteiger partial charge < -0.3 is 9.84 Å². The highest BCUT2D eigenvalue weighted by atomic mass is 32.1. The first kappa shape index (κ1) is 17.2. The molecule has 92 valence electrons. The molecule has 0 atom stereocenters. The third-order valence-electron chi connectivity index (χ3n) is 1.33. The summed E-state index contributed by atoms with van der Waals surface area (Å²) in [6, 6.07) is 0. The van der Waals surface area contributed by atoms with E-state index in [9.17, 15) is 9.59 Å². The number of unbranched alkanes of at least 4 members (excludes halogenated alkanes) is 1. The molecule has 0 aliphatic heterocycles. The van der Waals surface area contributed by atoms with Crippen LogP contribution in [0, 0.1) is 0 Å². The Labute approximate surface area is 101 Å². The number of carboxylic acids is 1.